The Kier molecular flexibility index (Phi) is 5.92. The Hall–Kier alpha value is -0.810. The third kappa shape index (κ3) is 4.99. The Labute approximate surface area is 116 Å². The van der Waals surface area contributed by atoms with Crippen molar-refractivity contribution in [2.45, 2.75) is 31.7 Å². The predicted octanol–water partition coefficient (Wildman–Crippen LogP) is 0.672. The van der Waals surface area contributed by atoms with Crippen molar-refractivity contribution in [2.24, 2.45) is 10.9 Å². The fourth-order valence-corrected chi connectivity index (χ4v) is 2.69. The summed E-state index contributed by atoms with van der Waals surface area (Å²) in [6, 6.07) is 0.913. The zero-order chi connectivity index (χ0) is 13.5. The Morgan fingerprint density at radius 2 is 2.16 bits per heavy atom. The van der Waals surface area contributed by atoms with E-state index < -0.39 is 0 Å². The van der Waals surface area contributed by atoms with Crippen molar-refractivity contribution >= 4 is 5.96 Å². The molecule has 1 unspecified atom stereocenters. The molecule has 0 bridgehead atoms. The number of guanidine groups is 1. The van der Waals surface area contributed by atoms with Gasteiger partial charge in [0.2, 0.25) is 0 Å². The molecule has 1 heterocycles. The Balaban J connectivity index is 1.57. The molecule has 5 nitrogen and oxygen atoms in total. The van der Waals surface area contributed by atoms with Crippen LogP contribution in [0.3, 0.4) is 0 Å². The van der Waals surface area contributed by atoms with Gasteiger partial charge in [-0.05, 0) is 38.1 Å². The molecule has 0 aromatic heterocycles. The molecule has 110 valence electrons. The van der Waals surface area contributed by atoms with E-state index in [1.54, 1.807) is 7.11 Å². The molecule has 1 saturated heterocycles. The third-order valence-electron chi connectivity index (χ3n) is 3.98. The highest BCUT2D eigenvalue weighted by atomic mass is 16.5. The molecule has 2 N–H and O–H groups in total. The zero-order valence-corrected chi connectivity index (χ0v) is 12.3. The van der Waals surface area contributed by atoms with Crippen LogP contribution in [0, 0.1) is 5.92 Å². The molecular weight excluding hydrogens is 240 g/mol. The first-order valence-electron chi connectivity index (χ1n) is 7.51. The van der Waals surface area contributed by atoms with Crippen LogP contribution in [0.1, 0.15) is 25.7 Å². The molecule has 2 aliphatic rings. The molecule has 1 saturated carbocycles. The summed E-state index contributed by atoms with van der Waals surface area (Å²) in [6.07, 6.45) is 5.17. The van der Waals surface area contributed by atoms with Gasteiger partial charge in [-0.15, -0.1) is 0 Å². The summed E-state index contributed by atoms with van der Waals surface area (Å²) in [5.41, 5.74) is 0. The Morgan fingerprint density at radius 3 is 2.84 bits per heavy atom. The number of nitrogens with one attached hydrogen (secondary N) is 2. The van der Waals surface area contributed by atoms with Gasteiger partial charge in [0.25, 0.3) is 0 Å². The van der Waals surface area contributed by atoms with Gasteiger partial charge in [-0.25, -0.2) is 0 Å². The second-order valence-electron chi connectivity index (χ2n) is 5.61. The third-order valence-corrected chi connectivity index (χ3v) is 3.98. The second-order valence-corrected chi connectivity index (χ2v) is 5.61. The van der Waals surface area contributed by atoms with Gasteiger partial charge in [0.05, 0.1) is 0 Å². The van der Waals surface area contributed by atoms with Gasteiger partial charge in [-0.1, -0.05) is 0 Å². The summed E-state index contributed by atoms with van der Waals surface area (Å²) < 4.78 is 5.03. The molecule has 2 rings (SSSR count). The lowest BCUT2D eigenvalue weighted by molar-refractivity contribution is 0.195. The van der Waals surface area contributed by atoms with E-state index in [2.05, 4.69) is 20.5 Å². The normalized spacial score (nSPS) is 24.7. The Morgan fingerprint density at radius 1 is 1.32 bits per heavy atom. The summed E-state index contributed by atoms with van der Waals surface area (Å²) in [4.78, 5) is 6.91. The van der Waals surface area contributed by atoms with Gasteiger partial charge < -0.3 is 20.3 Å². The summed E-state index contributed by atoms with van der Waals surface area (Å²) in [7, 11) is 3.57. The number of aliphatic imine (C=N–C) groups is 1. The highest BCUT2D eigenvalue weighted by molar-refractivity contribution is 5.79. The van der Waals surface area contributed by atoms with Gasteiger partial charge in [-0.3, -0.25) is 4.99 Å². The van der Waals surface area contributed by atoms with Crippen molar-refractivity contribution in [3.05, 3.63) is 0 Å². The predicted molar refractivity (Wildman–Crippen MR) is 78.6 cm³/mol. The highest BCUT2D eigenvalue weighted by Crippen LogP contribution is 2.31. The SMILES string of the molecule is CN=C(NCCCOC)NCC1CCN(C2CC2)C1. The molecule has 0 radical (unpaired) electrons. The molecule has 0 spiro atoms. The minimum atomic E-state index is 0.776. The molecule has 0 aromatic carbocycles. The zero-order valence-electron chi connectivity index (χ0n) is 12.3. The number of methoxy groups -OCH3 is 1. The summed E-state index contributed by atoms with van der Waals surface area (Å²) in [5.74, 6) is 1.69. The fourth-order valence-electron chi connectivity index (χ4n) is 2.69. The second kappa shape index (κ2) is 7.70. The first kappa shape index (κ1) is 14.6. The summed E-state index contributed by atoms with van der Waals surface area (Å²) >= 11 is 0. The molecule has 19 heavy (non-hydrogen) atoms. The number of likely N-dealkylation sites (tertiary alicyclic amines) is 1. The quantitative estimate of drug-likeness (QED) is 0.405. The number of hydrogen-bond donors (Lipinski definition) is 2. The molecule has 1 aliphatic carbocycles. The van der Waals surface area contributed by atoms with Gasteiger partial charge in [0.15, 0.2) is 5.96 Å². The molecule has 2 fully saturated rings. The van der Waals surface area contributed by atoms with Crippen molar-refractivity contribution in [1.29, 1.82) is 0 Å². The van der Waals surface area contributed by atoms with Gasteiger partial charge in [0.1, 0.15) is 0 Å². The lowest BCUT2D eigenvalue weighted by atomic mass is 10.1. The summed E-state index contributed by atoms with van der Waals surface area (Å²) in [5, 5.41) is 6.76. The van der Waals surface area contributed by atoms with Crippen LogP contribution in [0.4, 0.5) is 0 Å². The van der Waals surface area contributed by atoms with E-state index >= 15 is 0 Å². The van der Waals surface area contributed by atoms with Gasteiger partial charge in [0, 0.05) is 46.4 Å². The first-order valence-corrected chi connectivity index (χ1v) is 7.51. The smallest absolute Gasteiger partial charge is 0.190 e. The van der Waals surface area contributed by atoms with Crippen molar-refractivity contribution in [1.82, 2.24) is 15.5 Å². The molecule has 0 amide bonds. The van der Waals surface area contributed by atoms with Crippen LogP contribution in [0.25, 0.3) is 0 Å². The molecule has 5 heteroatoms. The van der Waals surface area contributed by atoms with Crippen LogP contribution in [0.5, 0.6) is 0 Å². The minimum Gasteiger partial charge on any atom is -0.385 e. The lowest BCUT2D eigenvalue weighted by Crippen LogP contribution is -2.40. The minimum absolute atomic E-state index is 0.776. The van der Waals surface area contributed by atoms with Crippen LogP contribution in [-0.2, 0) is 4.74 Å². The average Bonchev–Trinajstić information content (AvgIpc) is 3.18. The van der Waals surface area contributed by atoms with Gasteiger partial charge >= 0.3 is 0 Å². The van der Waals surface area contributed by atoms with Crippen LogP contribution in [-0.4, -0.2) is 63.8 Å². The molecular formula is C14H28N4O. The Bertz CT molecular complexity index is 291. The largest absolute Gasteiger partial charge is 0.385 e. The van der Waals surface area contributed by atoms with Crippen LogP contribution in [0.2, 0.25) is 0 Å². The number of rotatable bonds is 7. The molecule has 1 atom stereocenters. The number of hydrogen-bond acceptors (Lipinski definition) is 3. The van der Waals surface area contributed by atoms with Crippen molar-refractivity contribution in [2.75, 3.05) is 46.9 Å². The standard InChI is InChI=1S/C14H28N4O/c1-15-14(16-7-3-9-19-2)17-10-12-6-8-18(11-12)13-4-5-13/h12-13H,3-11H2,1-2H3,(H2,15,16,17). The van der Waals surface area contributed by atoms with E-state index in [4.69, 9.17) is 4.74 Å². The maximum atomic E-state index is 5.03. The van der Waals surface area contributed by atoms with E-state index in [-0.39, 0.29) is 0 Å². The van der Waals surface area contributed by atoms with Crippen LogP contribution < -0.4 is 10.6 Å². The lowest BCUT2D eigenvalue weighted by Gasteiger charge is -2.17. The number of nitrogens with zero attached hydrogens (tertiary/aromatic N) is 2. The van der Waals surface area contributed by atoms with Crippen LogP contribution >= 0.6 is 0 Å². The maximum Gasteiger partial charge on any atom is 0.190 e. The highest BCUT2D eigenvalue weighted by Gasteiger charge is 2.34. The molecule has 1 aliphatic heterocycles. The van der Waals surface area contributed by atoms with Crippen molar-refractivity contribution in [3.8, 4) is 0 Å². The maximum absolute atomic E-state index is 5.03. The van der Waals surface area contributed by atoms with Gasteiger partial charge in [-0.2, -0.15) is 0 Å². The monoisotopic (exact) mass is 268 g/mol. The van der Waals surface area contributed by atoms with E-state index in [0.29, 0.717) is 0 Å². The fraction of sp³-hybridized carbons (Fsp3) is 0.929. The first-order chi connectivity index (χ1) is 9.33. The average molecular weight is 268 g/mol. The van der Waals surface area contributed by atoms with Crippen LogP contribution in [0.15, 0.2) is 4.99 Å². The number of ether oxygens (including phenoxy) is 1. The van der Waals surface area contributed by atoms with E-state index in [1.807, 2.05) is 7.05 Å². The van der Waals surface area contributed by atoms with Crippen molar-refractivity contribution < 1.29 is 4.74 Å². The van der Waals surface area contributed by atoms with E-state index in [1.165, 1.54) is 32.4 Å². The molecule has 0 aromatic rings. The van der Waals surface area contributed by atoms with E-state index in [9.17, 15) is 0 Å². The van der Waals surface area contributed by atoms with E-state index in [0.717, 1.165) is 44.0 Å². The summed E-state index contributed by atoms with van der Waals surface area (Å²) in [6.45, 7) is 5.29. The topological polar surface area (TPSA) is 48.9 Å². The van der Waals surface area contributed by atoms with Crippen molar-refractivity contribution in [3.63, 3.8) is 0 Å².